The zero-order valence-corrected chi connectivity index (χ0v) is 18.0. The van der Waals surface area contributed by atoms with E-state index in [0.717, 1.165) is 44.9 Å². The van der Waals surface area contributed by atoms with Crippen molar-refractivity contribution in [2.45, 2.75) is 32.1 Å². The van der Waals surface area contributed by atoms with Gasteiger partial charge in [0.1, 0.15) is 11.6 Å². The van der Waals surface area contributed by atoms with Crippen LogP contribution in [-0.4, -0.2) is 28.0 Å². The standard InChI is InChI=1S/C25H26N4O2/c1-25(2,11-8-21(26)30)24-28-22(16-9-12-27-13-10-16)23(29-24)19-5-4-18-15-20(31-3)7-6-17(18)14-19/h4-7,9-10,12-15H,8,11H2,1-3H3,(H2,26,30)(H,28,29). The molecule has 0 aliphatic rings. The number of rotatable bonds is 7. The molecule has 4 rings (SSSR count). The van der Waals surface area contributed by atoms with Crippen LogP contribution in [0.2, 0.25) is 0 Å². The third-order valence-corrected chi connectivity index (χ3v) is 5.63. The summed E-state index contributed by atoms with van der Waals surface area (Å²) in [6.45, 7) is 4.14. The van der Waals surface area contributed by atoms with E-state index in [1.165, 1.54) is 0 Å². The summed E-state index contributed by atoms with van der Waals surface area (Å²) in [5.74, 6) is 1.35. The van der Waals surface area contributed by atoms with E-state index in [4.69, 9.17) is 15.5 Å². The molecule has 0 aliphatic heterocycles. The Morgan fingerprint density at radius 1 is 1.03 bits per heavy atom. The third kappa shape index (κ3) is 4.28. The first-order valence-electron chi connectivity index (χ1n) is 10.2. The fraction of sp³-hybridized carbons (Fsp3) is 0.240. The maximum atomic E-state index is 11.3. The highest BCUT2D eigenvalue weighted by Gasteiger charge is 2.27. The number of fused-ring (bicyclic) bond motifs is 1. The molecule has 31 heavy (non-hydrogen) atoms. The molecule has 3 N–H and O–H groups in total. The number of carbonyl (C=O) groups is 1. The summed E-state index contributed by atoms with van der Waals surface area (Å²) >= 11 is 0. The molecule has 0 saturated heterocycles. The predicted molar refractivity (Wildman–Crippen MR) is 123 cm³/mol. The fourth-order valence-electron chi connectivity index (χ4n) is 3.68. The van der Waals surface area contributed by atoms with Gasteiger partial charge >= 0.3 is 0 Å². The Labute approximate surface area is 181 Å². The molecule has 1 amide bonds. The smallest absolute Gasteiger partial charge is 0.217 e. The van der Waals surface area contributed by atoms with Crippen molar-refractivity contribution < 1.29 is 9.53 Å². The van der Waals surface area contributed by atoms with Crippen LogP contribution in [-0.2, 0) is 10.2 Å². The van der Waals surface area contributed by atoms with Gasteiger partial charge in [0.15, 0.2) is 0 Å². The molecule has 0 spiro atoms. The number of aromatic nitrogens is 3. The molecule has 0 saturated carbocycles. The lowest BCUT2D eigenvalue weighted by molar-refractivity contribution is -0.118. The third-order valence-electron chi connectivity index (χ3n) is 5.63. The molecule has 0 atom stereocenters. The second-order valence-electron chi connectivity index (χ2n) is 8.32. The lowest BCUT2D eigenvalue weighted by atomic mass is 9.87. The second-order valence-corrected chi connectivity index (χ2v) is 8.32. The van der Waals surface area contributed by atoms with Crippen molar-refractivity contribution in [3.05, 3.63) is 66.7 Å². The Balaban J connectivity index is 1.83. The summed E-state index contributed by atoms with van der Waals surface area (Å²) in [6.07, 6.45) is 4.46. The summed E-state index contributed by atoms with van der Waals surface area (Å²) < 4.78 is 5.34. The molecular weight excluding hydrogens is 388 g/mol. The van der Waals surface area contributed by atoms with E-state index in [-0.39, 0.29) is 11.3 Å². The van der Waals surface area contributed by atoms with Crippen LogP contribution >= 0.6 is 0 Å². The van der Waals surface area contributed by atoms with Gasteiger partial charge in [-0.05, 0) is 47.5 Å². The number of nitrogens with zero attached hydrogens (tertiary/aromatic N) is 2. The SMILES string of the molecule is COc1ccc2cc(-c3nc(C(C)(C)CCC(N)=O)[nH]c3-c3ccncc3)ccc2c1. The van der Waals surface area contributed by atoms with Gasteiger partial charge in [0.05, 0.1) is 18.5 Å². The molecule has 0 radical (unpaired) electrons. The van der Waals surface area contributed by atoms with Gasteiger partial charge < -0.3 is 15.5 Å². The van der Waals surface area contributed by atoms with Crippen LogP contribution in [0, 0.1) is 0 Å². The Morgan fingerprint density at radius 3 is 2.45 bits per heavy atom. The largest absolute Gasteiger partial charge is 0.497 e. The van der Waals surface area contributed by atoms with E-state index < -0.39 is 0 Å². The average Bonchev–Trinajstić information content (AvgIpc) is 3.24. The summed E-state index contributed by atoms with van der Waals surface area (Å²) in [4.78, 5) is 24.0. The van der Waals surface area contributed by atoms with Gasteiger partial charge in [-0.3, -0.25) is 9.78 Å². The number of aromatic amines is 1. The Kier molecular flexibility index (Phi) is 5.46. The van der Waals surface area contributed by atoms with E-state index in [9.17, 15) is 4.79 Å². The highest BCUT2D eigenvalue weighted by atomic mass is 16.5. The van der Waals surface area contributed by atoms with Crippen molar-refractivity contribution >= 4 is 16.7 Å². The van der Waals surface area contributed by atoms with Crippen molar-refractivity contribution in [1.82, 2.24) is 15.0 Å². The van der Waals surface area contributed by atoms with Crippen molar-refractivity contribution in [1.29, 1.82) is 0 Å². The molecule has 2 aromatic heterocycles. The van der Waals surface area contributed by atoms with Crippen LogP contribution in [0.4, 0.5) is 0 Å². The van der Waals surface area contributed by atoms with Crippen LogP contribution in [0.15, 0.2) is 60.9 Å². The van der Waals surface area contributed by atoms with Gasteiger partial charge in [-0.15, -0.1) is 0 Å². The van der Waals surface area contributed by atoms with Gasteiger partial charge in [0, 0.05) is 35.4 Å². The van der Waals surface area contributed by atoms with E-state index in [0.29, 0.717) is 12.8 Å². The van der Waals surface area contributed by atoms with E-state index >= 15 is 0 Å². The Morgan fingerprint density at radius 2 is 1.74 bits per heavy atom. The Hall–Kier alpha value is -3.67. The number of H-pyrrole nitrogens is 1. The molecule has 6 heteroatoms. The molecule has 158 valence electrons. The maximum absolute atomic E-state index is 11.3. The van der Waals surface area contributed by atoms with Gasteiger partial charge in [0.2, 0.25) is 5.91 Å². The van der Waals surface area contributed by atoms with Crippen molar-refractivity contribution in [3.8, 4) is 28.3 Å². The molecule has 2 aromatic carbocycles. The topological polar surface area (TPSA) is 93.9 Å². The number of nitrogens with one attached hydrogen (secondary N) is 1. The first kappa shape index (κ1) is 20.6. The lowest BCUT2D eigenvalue weighted by Gasteiger charge is -2.21. The molecule has 0 fully saturated rings. The van der Waals surface area contributed by atoms with Crippen molar-refractivity contribution in [2.24, 2.45) is 5.73 Å². The summed E-state index contributed by atoms with van der Waals surface area (Å²) in [6, 6.07) is 16.2. The van der Waals surface area contributed by atoms with Crippen LogP contribution < -0.4 is 10.5 Å². The highest BCUT2D eigenvalue weighted by Crippen LogP contribution is 2.36. The van der Waals surface area contributed by atoms with Crippen LogP contribution in [0.3, 0.4) is 0 Å². The van der Waals surface area contributed by atoms with E-state index in [2.05, 4.69) is 42.0 Å². The maximum Gasteiger partial charge on any atom is 0.217 e. The molecular formula is C25H26N4O2. The second kappa shape index (κ2) is 8.22. The number of imidazole rings is 1. The summed E-state index contributed by atoms with van der Waals surface area (Å²) in [7, 11) is 1.67. The Bertz CT molecular complexity index is 1230. The van der Waals surface area contributed by atoms with E-state index in [1.807, 2.05) is 30.3 Å². The predicted octanol–water partition coefficient (Wildman–Crippen LogP) is 4.84. The zero-order chi connectivity index (χ0) is 22.0. The van der Waals surface area contributed by atoms with Gasteiger partial charge in [-0.1, -0.05) is 32.0 Å². The lowest BCUT2D eigenvalue weighted by Crippen LogP contribution is -2.22. The minimum absolute atomic E-state index is 0.306. The minimum Gasteiger partial charge on any atom is -0.497 e. The van der Waals surface area contributed by atoms with Gasteiger partial charge in [0.25, 0.3) is 0 Å². The first-order chi connectivity index (χ1) is 14.9. The van der Waals surface area contributed by atoms with Crippen LogP contribution in [0.25, 0.3) is 33.3 Å². The van der Waals surface area contributed by atoms with Crippen molar-refractivity contribution in [3.63, 3.8) is 0 Å². The molecule has 0 aliphatic carbocycles. The number of amides is 1. The van der Waals surface area contributed by atoms with Crippen LogP contribution in [0.1, 0.15) is 32.5 Å². The molecule has 4 aromatic rings. The number of primary amides is 1. The summed E-state index contributed by atoms with van der Waals surface area (Å²) in [5, 5.41) is 2.21. The number of hydrogen-bond donors (Lipinski definition) is 2. The number of carbonyl (C=O) groups excluding carboxylic acids is 1. The normalized spacial score (nSPS) is 11.6. The number of methoxy groups -OCH3 is 1. The summed E-state index contributed by atoms with van der Waals surface area (Å²) in [5.41, 5.74) is 8.86. The molecule has 6 nitrogen and oxygen atoms in total. The molecule has 2 heterocycles. The van der Waals surface area contributed by atoms with Crippen LogP contribution in [0.5, 0.6) is 5.75 Å². The highest BCUT2D eigenvalue weighted by molar-refractivity contribution is 5.90. The zero-order valence-electron chi connectivity index (χ0n) is 18.0. The molecule has 0 bridgehead atoms. The fourth-order valence-corrected chi connectivity index (χ4v) is 3.68. The quantitative estimate of drug-likeness (QED) is 0.452. The van der Waals surface area contributed by atoms with Gasteiger partial charge in [-0.2, -0.15) is 0 Å². The van der Waals surface area contributed by atoms with Gasteiger partial charge in [-0.25, -0.2) is 4.98 Å². The number of benzene rings is 2. The number of hydrogen-bond acceptors (Lipinski definition) is 4. The first-order valence-corrected chi connectivity index (χ1v) is 10.2. The molecule has 0 unspecified atom stereocenters. The number of ether oxygens (including phenoxy) is 1. The number of nitrogens with two attached hydrogens (primary N) is 1. The average molecular weight is 415 g/mol. The minimum atomic E-state index is -0.334. The van der Waals surface area contributed by atoms with Crippen molar-refractivity contribution in [2.75, 3.05) is 7.11 Å². The monoisotopic (exact) mass is 414 g/mol. The number of pyridine rings is 1. The van der Waals surface area contributed by atoms with E-state index in [1.54, 1.807) is 19.5 Å².